The third kappa shape index (κ3) is 4.18. The molecule has 0 spiro atoms. The summed E-state index contributed by atoms with van der Waals surface area (Å²) < 4.78 is 39.3. The van der Waals surface area contributed by atoms with Crippen LogP contribution in [0.2, 0.25) is 0 Å². The van der Waals surface area contributed by atoms with Gasteiger partial charge in [0.2, 0.25) is 0 Å². The van der Waals surface area contributed by atoms with Crippen LogP contribution in [0.25, 0.3) is 5.57 Å². The van der Waals surface area contributed by atoms with Gasteiger partial charge in [0.1, 0.15) is 5.70 Å². The van der Waals surface area contributed by atoms with E-state index < -0.39 is 23.6 Å². The highest BCUT2D eigenvalue weighted by Gasteiger charge is 2.39. The lowest BCUT2D eigenvalue weighted by molar-refractivity contribution is -0.138. The van der Waals surface area contributed by atoms with Gasteiger partial charge in [-0.2, -0.15) is 13.2 Å². The van der Waals surface area contributed by atoms with Crippen molar-refractivity contribution in [1.29, 1.82) is 0 Å². The first-order chi connectivity index (χ1) is 14.8. The van der Waals surface area contributed by atoms with E-state index >= 15 is 0 Å². The number of benzene rings is 2. The first kappa shape index (κ1) is 20.3. The normalized spacial score (nSPS) is 14.4. The van der Waals surface area contributed by atoms with E-state index in [1.54, 1.807) is 54.9 Å². The largest absolute Gasteiger partial charge is 0.416 e. The molecule has 0 fully saturated rings. The molecule has 0 unspecified atom stereocenters. The second-order valence-electron chi connectivity index (χ2n) is 6.88. The molecule has 156 valence electrons. The Morgan fingerprint density at radius 3 is 2.35 bits per heavy atom. The molecule has 5 nitrogen and oxygen atoms in total. The number of rotatable bonds is 5. The van der Waals surface area contributed by atoms with E-state index in [0.717, 1.165) is 17.0 Å². The summed E-state index contributed by atoms with van der Waals surface area (Å²) in [5.41, 5.74) is 0.373. The van der Waals surface area contributed by atoms with Gasteiger partial charge in [-0.15, -0.1) is 0 Å². The molecule has 0 radical (unpaired) electrons. The second kappa shape index (κ2) is 8.06. The van der Waals surface area contributed by atoms with Crippen LogP contribution in [0.1, 0.15) is 16.7 Å². The molecule has 0 aliphatic carbocycles. The van der Waals surface area contributed by atoms with Crippen molar-refractivity contribution in [1.82, 2.24) is 9.88 Å². The number of pyridine rings is 1. The number of aromatic nitrogens is 1. The van der Waals surface area contributed by atoms with Gasteiger partial charge in [-0.3, -0.25) is 19.5 Å². The number of nitrogens with one attached hydrogen (secondary N) is 1. The Morgan fingerprint density at radius 1 is 0.903 bits per heavy atom. The van der Waals surface area contributed by atoms with Gasteiger partial charge >= 0.3 is 6.18 Å². The monoisotopic (exact) mass is 423 g/mol. The fourth-order valence-electron chi connectivity index (χ4n) is 3.30. The van der Waals surface area contributed by atoms with Gasteiger partial charge in [0.15, 0.2) is 0 Å². The van der Waals surface area contributed by atoms with Crippen molar-refractivity contribution >= 4 is 23.1 Å². The summed E-state index contributed by atoms with van der Waals surface area (Å²) in [6.07, 6.45) is -1.41. The van der Waals surface area contributed by atoms with Gasteiger partial charge in [0.25, 0.3) is 11.8 Å². The average Bonchev–Trinajstić information content (AvgIpc) is 2.99. The zero-order valence-electron chi connectivity index (χ0n) is 16.1. The topological polar surface area (TPSA) is 62.3 Å². The molecule has 1 aliphatic rings. The van der Waals surface area contributed by atoms with Gasteiger partial charge in [-0.25, -0.2) is 0 Å². The molecule has 0 bridgehead atoms. The number of imide groups is 1. The van der Waals surface area contributed by atoms with E-state index in [9.17, 15) is 22.8 Å². The quantitative estimate of drug-likeness (QED) is 0.614. The third-order valence-electron chi connectivity index (χ3n) is 4.75. The van der Waals surface area contributed by atoms with Crippen LogP contribution in [-0.4, -0.2) is 21.7 Å². The fourth-order valence-corrected chi connectivity index (χ4v) is 3.30. The molecule has 1 aromatic heterocycles. The maximum atomic E-state index is 13.2. The molecule has 1 N–H and O–H groups in total. The first-order valence-electron chi connectivity index (χ1n) is 9.33. The molecule has 2 aromatic carbocycles. The highest BCUT2D eigenvalue weighted by Crippen LogP contribution is 2.34. The molecule has 31 heavy (non-hydrogen) atoms. The first-order valence-corrected chi connectivity index (χ1v) is 9.33. The van der Waals surface area contributed by atoms with E-state index in [1.165, 1.54) is 12.1 Å². The van der Waals surface area contributed by atoms with Crippen LogP contribution in [0.15, 0.2) is 84.8 Å². The number of anilines is 1. The van der Waals surface area contributed by atoms with E-state index in [4.69, 9.17) is 0 Å². The summed E-state index contributed by atoms with van der Waals surface area (Å²) in [5.74, 6) is -1.15. The maximum absolute atomic E-state index is 13.2. The van der Waals surface area contributed by atoms with Crippen LogP contribution in [0.4, 0.5) is 18.9 Å². The highest BCUT2D eigenvalue weighted by molar-refractivity contribution is 6.36. The number of nitrogens with zero attached hydrogens (tertiary/aromatic N) is 2. The van der Waals surface area contributed by atoms with E-state index in [0.29, 0.717) is 11.1 Å². The number of carbonyl (C=O) groups excluding carboxylic acids is 2. The van der Waals surface area contributed by atoms with E-state index in [1.807, 2.05) is 0 Å². The van der Waals surface area contributed by atoms with Crippen LogP contribution in [0.5, 0.6) is 0 Å². The molecule has 2 heterocycles. The third-order valence-corrected chi connectivity index (χ3v) is 4.75. The minimum atomic E-state index is -4.53. The minimum Gasteiger partial charge on any atom is -0.350 e. The van der Waals surface area contributed by atoms with Crippen LogP contribution in [0, 0.1) is 0 Å². The number of alkyl halides is 3. The standard InChI is InChI=1S/C23H16F3N3O2/c24-23(25,26)17-9-4-10-18(12-17)28-20-19(16-7-2-1-3-8-16)21(30)29(22(20)31)14-15-6-5-11-27-13-15/h1-13,28H,14H2. The van der Waals surface area contributed by atoms with E-state index in [2.05, 4.69) is 10.3 Å². The zero-order valence-corrected chi connectivity index (χ0v) is 16.1. The van der Waals surface area contributed by atoms with Crippen molar-refractivity contribution in [2.75, 3.05) is 5.32 Å². The Kier molecular flexibility index (Phi) is 5.29. The molecule has 1 aliphatic heterocycles. The van der Waals surface area contributed by atoms with Gasteiger partial charge in [-0.1, -0.05) is 42.5 Å². The Bertz CT molecular complexity index is 1160. The van der Waals surface area contributed by atoms with Crippen molar-refractivity contribution in [3.63, 3.8) is 0 Å². The number of hydrogen-bond acceptors (Lipinski definition) is 4. The number of hydrogen-bond donors (Lipinski definition) is 1. The van der Waals surface area contributed by atoms with Crippen LogP contribution in [0.3, 0.4) is 0 Å². The van der Waals surface area contributed by atoms with E-state index in [-0.39, 0.29) is 23.5 Å². The predicted octanol–water partition coefficient (Wildman–Crippen LogP) is 4.49. The van der Waals surface area contributed by atoms with Gasteiger partial charge < -0.3 is 5.32 Å². The Hall–Kier alpha value is -3.94. The molecule has 0 atom stereocenters. The Labute approximate surface area is 175 Å². The molecular formula is C23H16F3N3O2. The highest BCUT2D eigenvalue weighted by atomic mass is 19.4. The summed E-state index contributed by atoms with van der Waals surface area (Å²) >= 11 is 0. The van der Waals surface area contributed by atoms with Crippen LogP contribution < -0.4 is 5.32 Å². The summed E-state index contributed by atoms with van der Waals surface area (Å²) in [6, 6.07) is 16.4. The van der Waals surface area contributed by atoms with Crippen LogP contribution >= 0.6 is 0 Å². The van der Waals surface area contributed by atoms with Crippen molar-refractivity contribution in [2.45, 2.75) is 12.7 Å². The summed E-state index contributed by atoms with van der Waals surface area (Å²) in [6.45, 7) is -0.00435. The Balaban J connectivity index is 1.73. The van der Waals surface area contributed by atoms with Crippen molar-refractivity contribution in [3.8, 4) is 0 Å². The lowest BCUT2D eigenvalue weighted by Gasteiger charge is -2.15. The van der Waals surface area contributed by atoms with Crippen molar-refractivity contribution in [3.05, 3.63) is 102 Å². The summed E-state index contributed by atoms with van der Waals surface area (Å²) in [5, 5.41) is 2.75. The molecule has 2 amide bonds. The second-order valence-corrected chi connectivity index (χ2v) is 6.88. The molecule has 0 saturated carbocycles. The zero-order chi connectivity index (χ0) is 22.0. The maximum Gasteiger partial charge on any atom is 0.416 e. The molecule has 3 aromatic rings. The smallest absolute Gasteiger partial charge is 0.350 e. The summed E-state index contributed by atoms with van der Waals surface area (Å²) in [7, 11) is 0. The number of amides is 2. The minimum absolute atomic E-state index is 0.00435. The lowest BCUT2D eigenvalue weighted by atomic mass is 10.0. The fraction of sp³-hybridized carbons (Fsp3) is 0.0870. The van der Waals surface area contributed by atoms with Crippen molar-refractivity contribution < 1.29 is 22.8 Å². The molecule has 0 saturated heterocycles. The van der Waals surface area contributed by atoms with Gasteiger partial charge in [0.05, 0.1) is 17.7 Å². The van der Waals surface area contributed by atoms with Gasteiger partial charge in [0, 0.05) is 18.1 Å². The lowest BCUT2D eigenvalue weighted by Crippen LogP contribution is -2.32. The number of carbonyl (C=O) groups is 2. The average molecular weight is 423 g/mol. The Morgan fingerprint density at radius 2 is 1.68 bits per heavy atom. The predicted molar refractivity (Wildman–Crippen MR) is 108 cm³/mol. The molecule has 8 heteroatoms. The van der Waals surface area contributed by atoms with Crippen LogP contribution in [-0.2, 0) is 22.3 Å². The molecular weight excluding hydrogens is 407 g/mol. The number of halogens is 3. The van der Waals surface area contributed by atoms with Gasteiger partial charge in [-0.05, 0) is 35.4 Å². The summed E-state index contributed by atoms with van der Waals surface area (Å²) in [4.78, 5) is 31.3. The SMILES string of the molecule is O=C1C(Nc2cccc(C(F)(F)F)c2)=C(c2ccccc2)C(=O)N1Cc1cccnc1. The van der Waals surface area contributed by atoms with Crippen molar-refractivity contribution in [2.24, 2.45) is 0 Å². The molecule has 4 rings (SSSR count).